The van der Waals surface area contributed by atoms with Gasteiger partial charge >= 0.3 is 17.9 Å². The predicted molar refractivity (Wildman–Crippen MR) is 293 cm³/mol. The second-order valence-corrected chi connectivity index (χ2v) is 18.5. The van der Waals surface area contributed by atoms with Crippen LogP contribution in [0, 0.1) is 0 Å². The van der Waals surface area contributed by atoms with E-state index >= 15 is 0 Å². The SMILES string of the molecule is CCCCC/C=C\C/C=C\C/C=C\C/C=C\CCCCCC(=O)OCC(COC(=O)CCCCC/C=C\C/C=C\C/C=C\C/C=C\CCCCC)OC(=O)CCCCCCCCCCCCCC. The summed E-state index contributed by atoms with van der Waals surface area (Å²) < 4.78 is 16.8. The lowest BCUT2D eigenvalue weighted by atomic mass is 10.0. The van der Waals surface area contributed by atoms with E-state index in [2.05, 4.69) is 118 Å². The van der Waals surface area contributed by atoms with Crippen molar-refractivity contribution in [2.75, 3.05) is 13.2 Å². The molecule has 0 atom stereocenters. The third-order valence-corrected chi connectivity index (χ3v) is 11.8. The van der Waals surface area contributed by atoms with Crippen LogP contribution in [-0.2, 0) is 28.6 Å². The fraction of sp³-hybridized carbons (Fsp3) is 0.694. The van der Waals surface area contributed by atoms with Crippen molar-refractivity contribution in [3.63, 3.8) is 0 Å². The van der Waals surface area contributed by atoms with Crippen LogP contribution in [0.25, 0.3) is 0 Å². The first-order valence-corrected chi connectivity index (χ1v) is 28.2. The number of esters is 3. The number of carbonyl (C=O) groups excluding carboxylic acids is 3. The zero-order valence-corrected chi connectivity index (χ0v) is 44.3. The topological polar surface area (TPSA) is 78.9 Å². The third kappa shape index (κ3) is 53.3. The summed E-state index contributed by atoms with van der Waals surface area (Å²) in [5, 5.41) is 0. The van der Waals surface area contributed by atoms with E-state index in [1.165, 1.54) is 109 Å². The van der Waals surface area contributed by atoms with E-state index in [9.17, 15) is 14.4 Å². The summed E-state index contributed by atoms with van der Waals surface area (Å²) in [5.74, 6) is -0.960. The van der Waals surface area contributed by atoms with Crippen molar-refractivity contribution >= 4 is 17.9 Å². The van der Waals surface area contributed by atoms with E-state index in [1.807, 2.05) is 0 Å². The van der Waals surface area contributed by atoms with E-state index < -0.39 is 6.10 Å². The first-order chi connectivity index (χ1) is 33.5. The lowest BCUT2D eigenvalue weighted by molar-refractivity contribution is -0.167. The molecule has 0 saturated carbocycles. The molecule has 0 aromatic rings. The van der Waals surface area contributed by atoms with Gasteiger partial charge in [0.15, 0.2) is 6.10 Å². The molecule has 0 radical (unpaired) electrons. The number of carbonyl (C=O) groups is 3. The van der Waals surface area contributed by atoms with Gasteiger partial charge in [-0.25, -0.2) is 0 Å². The Bertz CT molecular complexity index is 1280. The molecule has 0 fully saturated rings. The highest BCUT2D eigenvalue weighted by Gasteiger charge is 2.19. The zero-order chi connectivity index (χ0) is 49.3. The predicted octanol–water partition coefficient (Wildman–Crippen LogP) is 18.9. The van der Waals surface area contributed by atoms with Crippen LogP contribution in [0.15, 0.2) is 97.2 Å². The van der Waals surface area contributed by atoms with E-state index in [1.54, 1.807) is 0 Å². The molecule has 6 heteroatoms. The first kappa shape index (κ1) is 64.3. The van der Waals surface area contributed by atoms with Gasteiger partial charge in [-0.1, -0.05) is 227 Å². The minimum absolute atomic E-state index is 0.104. The average Bonchev–Trinajstić information content (AvgIpc) is 3.34. The number of hydrogen-bond donors (Lipinski definition) is 0. The summed E-state index contributed by atoms with van der Waals surface area (Å²) in [7, 11) is 0. The van der Waals surface area contributed by atoms with Gasteiger partial charge in [0.05, 0.1) is 0 Å². The molecule has 0 aliphatic rings. The highest BCUT2D eigenvalue weighted by atomic mass is 16.6. The van der Waals surface area contributed by atoms with Gasteiger partial charge in [0, 0.05) is 19.3 Å². The molecule has 388 valence electrons. The van der Waals surface area contributed by atoms with Crippen LogP contribution in [0.1, 0.15) is 258 Å². The molecule has 0 saturated heterocycles. The molecular formula is C62H104O6. The van der Waals surface area contributed by atoms with Gasteiger partial charge in [-0.05, 0) is 109 Å². The number of hydrogen-bond acceptors (Lipinski definition) is 6. The summed E-state index contributed by atoms with van der Waals surface area (Å²) in [6.07, 6.45) is 73.9. The third-order valence-electron chi connectivity index (χ3n) is 11.8. The Morgan fingerprint density at radius 1 is 0.294 bits per heavy atom. The van der Waals surface area contributed by atoms with E-state index in [-0.39, 0.29) is 31.1 Å². The maximum atomic E-state index is 12.8. The minimum atomic E-state index is -0.803. The number of unbranched alkanes of at least 4 members (excludes halogenated alkanes) is 23. The molecule has 0 aliphatic carbocycles. The summed E-state index contributed by atoms with van der Waals surface area (Å²) in [4.78, 5) is 38.1. The number of ether oxygens (including phenoxy) is 3. The van der Waals surface area contributed by atoms with Crippen LogP contribution in [-0.4, -0.2) is 37.2 Å². The van der Waals surface area contributed by atoms with Crippen molar-refractivity contribution in [1.29, 1.82) is 0 Å². The Morgan fingerprint density at radius 2 is 0.529 bits per heavy atom. The van der Waals surface area contributed by atoms with E-state index in [4.69, 9.17) is 14.2 Å². The van der Waals surface area contributed by atoms with Crippen LogP contribution in [0.4, 0.5) is 0 Å². The molecule has 0 bridgehead atoms. The number of rotatable bonds is 50. The lowest BCUT2D eigenvalue weighted by Crippen LogP contribution is -2.30. The average molecular weight is 946 g/mol. The maximum absolute atomic E-state index is 12.8. The Labute approximate surface area is 419 Å². The molecule has 0 amide bonds. The Balaban J connectivity index is 4.47. The van der Waals surface area contributed by atoms with Crippen molar-refractivity contribution < 1.29 is 28.6 Å². The van der Waals surface area contributed by atoms with Crippen LogP contribution >= 0.6 is 0 Å². The summed E-state index contributed by atoms with van der Waals surface area (Å²) >= 11 is 0. The molecule has 68 heavy (non-hydrogen) atoms. The Morgan fingerprint density at radius 3 is 0.853 bits per heavy atom. The highest BCUT2D eigenvalue weighted by Crippen LogP contribution is 2.14. The second-order valence-electron chi connectivity index (χ2n) is 18.5. The van der Waals surface area contributed by atoms with Crippen molar-refractivity contribution in [1.82, 2.24) is 0 Å². The maximum Gasteiger partial charge on any atom is 0.306 e. The molecule has 6 nitrogen and oxygen atoms in total. The molecule has 0 aliphatic heterocycles. The van der Waals surface area contributed by atoms with Crippen molar-refractivity contribution in [2.45, 2.75) is 264 Å². The molecule has 0 aromatic heterocycles. The fourth-order valence-electron chi connectivity index (χ4n) is 7.53. The van der Waals surface area contributed by atoms with Crippen LogP contribution in [0.5, 0.6) is 0 Å². The molecule has 0 N–H and O–H groups in total. The molecule has 0 rings (SSSR count). The molecular weight excluding hydrogens is 841 g/mol. The van der Waals surface area contributed by atoms with Gasteiger partial charge in [-0.3, -0.25) is 14.4 Å². The molecule has 0 heterocycles. The van der Waals surface area contributed by atoms with Gasteiger partial charge in [-0.2, -0.15) is 0 Å². The second kappa shape index (κ2) is 55.9. The normalized spacial score (nSPS) is 12.4. The Kier molecular flexibility index (Phi) is 52.9. The summed E-state index contributed by atoms with van der Waals surface area (Å²) in [6, 6.07) is 0. The van der Waals surface area contributed by atoms with Crippen LogP contribution in [0.2, 0.25) is 0 Å². The van der Waals surface area contributed by atoms with E-state index in [0.29, 0.717) is 19.3 Å². The van der Waals surface area contributed by atoms with Gasteiger partial charge in [-0.15, -0.1) is 0 Å². The van der Waals surface area contributed by atoms with Crippen molar-refractivity contribution in [3.8, 4) is 0 Å². The van der Waals surface area contributed by atoms with Crippen molar-refractivity contribution in [2.24, 2.45) is 0 Å². The highest BCUT2D eigenvalue weighted by molar-refractivity contribution is 5.71. The van der Waals surface area contributed by atoms with Crippen molar-refractivity contribution in [3.05, 3.63) is 97.2 Å². The largest absolute Gasteiger partial charge is 0.462 e. The minimum Gasteiger partial charge on any atom is -0.462 e. The summed E-state index contributed by atoms with van der Waals surface area (Å²) in [6.45, 7) is 6.53. The first-order valence-electron chi connectivity index (χ1n) is 28.2. The fourth-order valence-corrected chi connectivity index (χ4v) is 7.53. The smallest absolute Gasteiger partial charge is 0.306 e. The van der Waals surface area contributed by atoms with Gasteiger partial charge in [0.1, 0.15) is 13.2 Å². The zero-order valence-electron chi connectivity index (χ0n) is 44.3. The van der Waals surface area contributed by atoms with Crippen LogP contribution in [0.3, 0.4) is 0 Å². The van der Waals surface area contributed by atoms with Gasteiger partial charge in [0.25, 0.3) is 0 Å². The lowest BCUT2D eigenvalue weighted by Gasteiger charge is -2.18. The number of allylic oxidation sites excluding steroid dienone is 16. The monoisotopic (exact) mass is 945 g/mol. The van der Waals surface area contributed by atoms with Crippen LogP contribution < -0.4 is 0 Å². The molecule has 0 unspecified atom stereocenters. The standard InChI is InChI=1S/C62H104O6/c1-4-7-10-13-16-19-22-25-27-29-31-33-35-37-40-42-45-48-51-54-60(63)66-57-59(68-62(65)56-53-50-47-44-39-24-21-18-15-12-9-6-3)58-67-61(64)55-52-49-46-43-41-38-36-34-32-30-28-26-23-20-17-14-11-8-5-2/h16-17,19-20,25-28,31-34,37-38,40-41,59H,4-15,18,21-24,29-30,35-36,39,42-58H2,1-3H3/b19-16-,20-17-,27-25-,28-26-,33-31-,34-32-,40-37-,41-38-. The molecule has 0 aromatic carbocycles. The molecule has 0 spiro atoms. The quantitative estimate of drug-likeness (QED) is 0.0262. The van der Waals surface area contributed by atoms with Gasteiger partial charge in [0.2, 0.25) is 0 Å². The van der Waals surface area contributed by atoms with Gasteiger partial charge < -0.3 is 14.2 Å². The Hall–Kier alpha value is -3.67. The summed E-state index contributed by atoms with van der Waals surface area (Å²) in [5.41, 5.74) is 0. The van der Waals surface area contributed by atoms with E-state index in [0.717, 1.165) is 109 Å².